The topological polar surface area (TPSA) is 123 Å². The molecule has 1 saturated heterocycles. The number of amides is 2. The average molecular weight is 526 g/mol. The highest BCUT2D eigenvalue weighted by Gasteiger charge is 2.28. The van der Waals surface area contributed by atoms with Gasteiger partial charge in [0.1, 0.15) is 17.0 Å². The first-order chi connectivity index (χ1) is 17.9. The number of fused-ring (bicyclic) bond motifs is 1. The summed E-state index contributed by atoms with van der Waals surface area (Å²) < 4.78 is 33.5. The minimum absolute atomic E-state index is 0.0471. The number of nitrogens with one attached hydrogen (secondary N) is 1. The maximum Gasteiger partial charge on any atom is 0.281 e. The Bertz CT molecular complexity index is 1510. The molecule has 0 bridgehead atoms. The number of nitrogens with zero attached hydrogens (tertiary/aromatic N) is 6. The van der Waals surface area contributed by atoms with Crippen LogP contribution in [-0.4, -0.2) is 50.4 Å². The van der Waals surface area contributed by atoms with Gasteiger partial charge in [-0.25, -0.2) is 18.7 Å². The number of hydrogen-bond donors (Lipinski definition) is 1. The molecule has 190 valence electrons. The Morgan fingerprint density at radius 2 is 2.03 bits per heavy atom. The number of ether oxygens (including phenoxy) is 1. The molecule has 37 heavy (non-hydrogen) atoms. The Labute approximate surface area is 213 Å². The van der Waals surface area contributed by atoms with Crippen molar-refractivity contribution >= 4 is 44.6 Å². The Kier molecular flexibility index (Phi) is 6.70. The van der Waals surface area contributed by atoms with Crippen LogP contribution < -0.4 is 15.0 Å². The van der Waals surface area contributed by atoms with Gasteiger partial charge < -0.3 is 4.74 Å². The van der Waals surface area contributed by atoms with Gasteiger partial charge >= 0.3 is 0 Å². The summed E-state index contributed by atoms with van der Waals surface area (Å²) in [6.07, 6.45) is 3.51. The minimum Gasteiger partial charge on any atom is -0.494 e. The molecule has 5 rings (SSSR count). The van der Waals surface area contributed by atoms with Crippen LogP contribution in [0.2, 0.25) is 0 Å². The normalized spacial score (nSPS) is 13.9. The van der Waals surface area contributed by atoms with Gasteiger partial charge in [0.2, 0.25) is 11.9 Å². The molecule has 0 spiro atoms. The van der Waals surface area contributed by atoms with Crippen molar-refractivity contribution in [2.24, 2.45) is 0 Å². The molecule has 10 nitrogen and oxygen atoms in total. The number of pyridine rings is 2. The molecule has 2 amide bonds. The standard InChI is InChI=1S/C24H21F2N7O3S/c1-12-9-14(13-6-7-27-11-16(13)36-2)18(19(29-12)20(25)26)21(35)31-24-30-15-10-28-23(32-22(15)37-24)33-8-4-3-5-17(33)34/h6-7,9-11,20H,3-5,8H2,1-2H3,(H,30,31,35). The molecule has 0 radical (unpaired) electrons. The van der Waals surface area contributed by atoms with E-state index in [2.05, 4.69) is 30.2 Å². The smallest absolute Gasteiger partial charge is 0.281 e. The molecule has 4 aromatic rings. The maximum atomic E-state index is 14.1. The molecular weight excluding hydrogens is 504 g/mol. The zero-order valence-corrected chi connectivity index (χ0v) is 20.7. The third-order valence-corrected chi connectivity index (χ3v) is 6.71. The average Bonchev–Trinajstić information content (AvgIpc) is 3.29. The fraction of sp³-hybridized carbons (Fsp3) is 0.292. The number of aryl methyl sites for hydroxylation is 1. The van der Waals surface area contributed by atoms with Crippen LogP contribution in [0.4, 0.5) is 19.9 Å². The summed E-state index contributed by atoms with van der Waals surface area (Å²) in [4.78, 5) is 48.6. The van der Waals surface area contributed by atoms with Crippen molar-refractivity contribution in [3.05, 3.63) is 47.7 Å². The van der Waals surface area contributed by atoms with E-state index in [1.54, 1.807) is 19.1 Å². The number of piperidine rings is 1. The highest BCUT2D eigenvalue weighted by molar-refractivity contribution is 7.22. The van der Waals surface area contributed by atoms with Crippen LogP contribution in [0.5, 0.6) is 5.75 Å². The molecule has 0 aliphatic carbocycles. The summed E-state index contributed by atoms with van der Waals surface area (Å²) in [5.41, 5.74) is 0.414. The van der Waals surface area contributed by atoms with E-state index in [1.807, 2.05) is 0 Å². The fourth-order valence-electron chi connectivity index (χ4n) is 4.16. The molecule has 1 aliphatic heterocycles. The number of thiazole rings is 1. The lowest BCUT2D eigenvalue weighted by molar-refractivity contribution is -0.119. The van der Waals surface area contributed by atoms with Crippen molar-refractivity contribution in [2.75, 3.05) is 23.9 Å². The number of halogens is 2. The summed E-state index contributed by atoms with van der Waals surface area (Å²) in [6.45, 7) is 2.10. The molecule has 4 aromatic heterocycles. The third kappa shape index (κ3) is 4.81. The van der Waals surface area contributed by atoms with Crippen molar-refractivity contribution in [2.45, 2.75) is 32.6 Å². The number of methoxy groups -OCH3 is 1. The Hall–Kier alpha value is -4.13. The molecule has 0 saturated carbocycles. The zero-order valence-electron chi connectivity index (χ0n) is 19.9. The number of alkyl halides is 2. The van der Waals surface area contributed by atoms with Gasteiger partial charge in [0, 0.05) is 36.0 Å². The predicted molar refractivity (Wildman–Crippen MR) is 133 cm³/mol. The van der Waals surface area contributed by atoms with Crippen LogP contribution in [-0.2, 0) is 4.79 Å². The van der Waals surface area contributed by atoms with Crippen LogP contribution in [0.15, 0.2) is 30.7 Å². The first kappa shape index (κ1) is 24.6. The van der Waals surface area contributed by atoms with Crippen LogP contribution in [0.1, 0.15) is 47.4 Å². The van der Waals surface area contributed by atoms with Gasteiger partial charge in [-0.3, -0.25) is 29.8 Å². The van der Waals surface area contributed by atoms with Crippen molar-refractivity contribution in [3.63, 3.8) is 0 Å². The van der Waals surface area contributed by atoms with E-state index in [9.17, 15) is 18.4 Å². The first-order valence-electron chi connectivity index (χ1n) is 11.4. The summed E-state index contributed by atoms with van der Waals surface area (Å²) in [5.74, 6) is -0.268. The van der Waals surface area contributed by atoms with Gasteiger partial charge in [0.05, 0.1) is 25.1 Å². The lowest BCUT2D eigenvalue weighted by Gasteiger charge is -2.24. The van der Waals surface area contributed by atoms with Gasteiger partial charge in [-0.1, -0.05) is 11.3 Å². The molecule has 0 unspecified atom stereocenters. The largest absolute Gasteiger partial charge is 0.494 e. The molecule has 5 heterocycles. The number of aromatic nitrogens is 5. The first-order valence-corrected chi connectivity index (χ1v) is 12.2. The van der Waals surface area contributed by atoms with E-state index < -0.39 is 18.0 Å². The van der Waals surface area contributed by atoms with Crippen molar-refractivity contribution in [3.8, 4) is 16.9 Å². The van der Waals surface area contributed by atoms with E-state index in [0.29, 0.717) is 40.3 Å². The Morgan fingerprint density at radius 3 is 2.78 bits per heavy atom. The third-order valence-electron chi connectivity index (χ3n) is 5.83. The van der Waals surface area contributed by atoms with Gasteiger partial charge in [-0.05, 0) is 31.9 Å². The number of hydrogen-bond acceptors (Lipinski definition) is 9. The van der Waals surface area contributed by atoms with Crippen LogP contribution >= 0.6 is 11.3 Å². The second-order valence-electron chi connectivity index (χ2n) is 8.28. The lowest BCUT2D eigenvalue weighted by Crippen LogP contribution is -2.36. The van der Waals surface area contributed by atoms with Gasteiger partial charge in [-0.15, -0.1) is 0 Å². The second kappa shape index (κ2) is 10.1. The molecule has 1 N–H and O–H groups in total. The number of anilines is 2. The van der Waals surface area contributed by atoms with Gasteiger partial charge in [0.25, 0.3) is 12.3 Å². The summed E-state index contributed by atoms with van der Waals surface area (Å²) in [5, 5.41) is 2.75. The summed E-state index contributed by atoms with van der Waals surface area (Å²) in [7, 11) is 1.43. The van der Waals surface area contributed by atoms with E-state index >= 15 is 0 Å². The molecular formula is C24H21F2N7O3S. The second-order valence-corrected chi connectivity index (χ2v) is 9.26. The summed E-state index contributed by atoms with van der Waals surface area (Å²) in [6, 6.07) is 3.13. The molecule has 13 heteroatoms. The van der Waals surface area contributed by atoms with Crippen LogP contribution in [0.3, 0.4) is 0 Å². The van der Waals surface area contributed by atoms with Crippen LogP contribution in [0.25, 0.3) is 21.5 Å². The lowest BCUT2D eigenvalue weighted by atomic mass is 9.97. The van der Waals surface area contributed by atoms with Crippen molar-refractivity contribution < 1.29 is 23.1 Å². The monoisotopic (exact) mass is 525 g/mol. The number of rotatable bonds is 6. The minimum atomic E-state index is -3.00. The van der Waals surface area contributed by atoms with Gasteiger partial charge in [0.15, 0.2) is 9.96 Å². The highest BCUT2D eigenvalue weighted by atomic mass is 32.1. The summed E-state index contributed by atoms with van der Waals surface area (Å²) >= 11 is 1.05. The number of carbonyl (C=O) groups is 2. The number of carbonyl (C=O) groups excluding carboxylic acids is 2. The zero-order chi connectivity index (χ0) is 26.1. The maximum absolute atomic E-state index is 14.1. The van der Waals surface area contributed by atoms with E-state index in [0.717, 1.165) is 24.2 Å². The fourth-order valence-corrected chi connectivity index (χ4v) is 4.96. The van der Waals surface area contributed by atoms with E-state index in [4.69, 9.17) is 4.74 Å². The highest BCUT2D eigenvalue weighted by Crippen LogP contribution is 2.37. The molecule has 0 aromatic carbocycles. The quantitative estimate of drug-likeness (QED) is 0.388. The van der Waals surface area contributed by atoms with E-state index in [1.165, 1.54) is 30.6 Å². The Balaban J connectivity index is 1.52. The van der Waals surface area contributed by atoms with E-state index in [-0.39, 0.29) is 28.1 Å². The van der Waals surface area contributed by atoms with Gasteiger partial charge in [-0.2, -0.15) is 4.98 Å². The molecule has 1 fully saturated rings. The van der Waals surface area contributed by atoms with Crippen LogP contribution in [0, 0.1) is 6.92 Å². The SMILES string of the molecule is COc1cnccc1-c1cc(C)nc(C(F)F)c1C(=O)Nc1nc2cnc(N3CCCCC3=O)nc2s1. The molecule has 0 atom stereocenters. The van der Waals surface area contributed by atoms with Crippen molar-refractivity contribution in [1.82, 2.24) is 24.9 Å². The Morgan fingerprint density at radius 1 is 1.19 bits per heavy atom. The van der Waals surface area contributed by atoms with Crippen molar-refractivity contribution in [1.29, 1.82) is 0 Å². The molecule has 1 aliphatic rings. The predicted octanol–water partition coefficient (Wildman–Crippen LogP) is 4.57.